The van der Waals surface area contributed by atoms with Gasteiger partial charge in [-0.1, -0.05) is 23.2 Å². The number of nitrogens with zero attached hydrogens (tertiary/aromatic N) is 1. The smallest absolute Gasteiger partial charge is 0.258 e. The Kier molecular flexibility index (Phi) is 4.02. The van der Waals surface area contributed by atoms with Gasteiger partial charge in [-0.15, -0.1) is 0 Å². The molecule has 1 amide bonds. The largest absolute Gasteiger partial charge is 0.320 e. The van der Waals surface area contributed by atoms with Crippen LogP contribution in [0.5, 0.6) is 0 Å². The van der Waals surface area contributed by atoms with Gasteiger partial charge in [-0.2, -0.15) is 0 Å². The van der Waals surface area contributed by atoms with Gasteiger partial charge in [0, 0.05) is 5.02 Å². The first-order chi connectivity index (χ1) is 8.97. The van der Waals surface area contributed by atoms with Crippen LogP contribution in [0.25, 0.3) is 0 Å². The van der Waals surface area contributed by atoms with E-state index in [0.717, 1.165) is 6.07 Å². The number of rotatable bonds is 2. The maximum atomic E-state index is 13.6. The van der Waals surface area contributed by atoms with Gasteiger partial charge in [-0.3, -0.25) is 4.79 Å². The topological polar surface area (TPSA) is 42.0 Å². The van der Waals surface area contributed by atoms with E-state index in [-0.39, 0.29) is 10.6 Å². The number of pyridine rings is 1. The molecule has 1 heterocycles. The minimum Gasteiger partial charge on any atom is -0.320 e. The van der Waals surface area contributed by atoms with Crippen molar-refractivity contribution in [2.75, 3.05) is 5.32 Å². The van der Waals surface area contributed by atoms with Crippen LogP contribution >= 0.6 is 23.2 Å². The third-order valence-corrected chi connectivity index (χ3v) is 2.92. The number of amides is 1. The highest BCUT2D eigenvalue weighted by Crippen LogP contribution is 2.19. The molecule has 0 saturated carbocycles. The highest BCUT2D eigenvalue weighted by Gasteiger charge is 2.13. The fourth-order valence-electron chi connectivity index (χ4n) is 1.53. The Morgan fingerprint density at radius 2 is 2.00 bits per heavy atom. The average molecular weight is 299 g/mol. The minimum absolute atomic E-state index is 0.0845. The van der Waals surface area contributed by atoms with Crippen LogP contribution in [-0.4, -0.2) is 10.9 Å². The summed E-state index contributed by atoms with van der Waals surface area (Å²) in [4.78, 5) is 15.9. The lowest BCUT2D eigenvalue weighted by molar-refractivity contribution is 0.102. The molecule has 0 aliphatic rings. The average Bonchev–Trinajstić information content (AvgIpc) is 2.32. The van der Waals surface area contributed by atoms with Gasteiger partial charge in [0.1, 0.15) is 11.0 Å². The van der Waals surface area contributed by atoms with Crippen LogP contribution in [-0.2, 0) is 0 Å². The van der Waals surface area contributed by atoms with E-state index < -0.39 is 11.7 Å². The van der Waals surface area contributed by atoms with E-state index in [4.69, 9.17) is 23.2 Å². The number of nitrogens with one attached hydrogen (secondary N) is 1. The lowest BCUT2D eigenvalue weighted by Gasteiger charge is -2.08. The van der Waals surface area contributed by atoms with E-state index in [1.807, 2.05) is 0 Å². The van der Waals surface area contributed by atoms with Crippen LogP contribution < -0.4 is 5.32 Å². The second-order valence-corrected chi connectivity index (χ2v) is 4.67. The molecule has 0 saturated heterocycles. The fourth-order valence-corrected chi connectivity index (χ4v) is 1.87. The molecule has 0 aliphatic carbocycles. The number of carbonyl (C=O) groups is 1. The van der Waals surface area contributed by atoms with Gasteiger partial charge in [0.25, 0.3) is 5.91 Å². The Morgan fingerprint density at radius 3 is 2.63 bits per heavy atom. The standard InChI is InChI=1S/C13H9Cl2FN2O/c1-7-11(4-5-12(15)17-7)18-13(19)9-3-2-8(14)6-10(9)16/h2-6H,1H3,(H,18,19). The summed E-state index contributed by atoms with van der Waals surface area (Å²) in [5.74, 6) is -1.24. The normalized spacial score (nSPS) is 10.3. The first-order valence-corrected chi connectivity index (χ1v) is 6.12. The molecule has 1 aromatic heterocycles. The first-order valence-electron chi connectivity index (χ1n) is 5.37. The number of hydrogen-bond donors (Lipinski definition) is 1. The van der Waals surface area contributed by atoms with Crippen molar-refractivity contribution < 1.29 is 9.18 Å². The Morgan fingerprint density at radius 1 is 1.26 bits per heavy atom. The van der Waals surface area contributed by atoms with Crippen LogP contribution in [0.15, 0.2) is 30.3 Å². The van der Waals surface area contributed by atoms with E-state index in [9.17, 15) is 9.18 Å². The van der Waals surface area contributed by atoms with Crippen LogP contribution in [0.4, 0.5) is 10.1 Å². The lowest BCUT2D eigenvalue weighted by Crippen LogP contribution is -2.14. The summed E-state index contributed by atoms with van der Waals surface area (Å²) < 4.78 is 13.6. The predicted molar refractivity (Wildman–Crippen MR) is 73.3 cm³/mol. The molecule has 6 heteroatoms. The highest BCUT2D eigenvalue weighted by atomic mass is 35.5. The van der Waals surface area contributed by atoms with Crippen LogP contribution in [0, 0.1) is 12.7 Å². The number of aryl methyl sites for hydroxylation is 1. The molecule has 0 spiro atoms. The summed E-state index contributed by atoms with van der Waals surface area (Å²) in [6.07, 6.45) is 0. The van der Waals surface area contributed by atoms with E-state index in [0.29, 0.717) is 16.5 Å². The van der Waals surface area contributed by atoms with Crippen molar-refractivity contribution in [3.05, 3.63) is 57.6 Å². The van der Waals surface area contributed by atoms with Crippen molar-refractivity contribution in [1.82, 2.24) is 4.98 Å². The zero-order chi connectivity index (χ0) is 14.0. The molecule has 2 rings (SSSR count). The van der Waals surface area contributed by atoms with Gasteiger partial charge in [-0.05, 0) is 37.3 Å². The summed E-state index contributed by atoms with van der Waals surface area (Å²) in [6.45, 7) is 1.69. The second-order valence-electron chi connectivity index (χ2n) is 3.85. The molecule has 2 aromatic rings. The molecule has 1 aromatic carbocycles. The summed E-state index contributed by atoms with van der Waals surface area (Å²) in [5, 5.41) is 3.13. The van der Waals surface area contributed by atoms with Crippen molar-refractivity contribution in [1.29, 1.82) is 0 Å². The van der Waals surface area contributed by atoms with Crippen LogP contribution in [0.3, 0.4) is 0 Å². The third-order valence-electron chi connectivity index (χ3n) is 2.48. The molecule has 1 N–H and O–H groups in total. The lowest BCUT2D eigenvalue weighted by atomic mass is 10.2. The molecular weight excluding hydrogens is 290 g/mol. The molecule has 98 valence electrons. The van der Waals surface area contributed by atoms with Crippen molar-refractivity contribution >= 4 is 34.8 Å². The molecule has 0 fully saturated rings. The number of benzene rings is 1. The maximum Gasteiger partial charge on any atom is 0.258 e. The Labute approximate surface area is 119 Å². The molecule has 3 nitrogen and oxygen atoms in total. The SMILES string of the molecule is Cc1nc(Cl)ccc1NC(=O)c1ccc(Cl)cc1F. The van der Waals surface area contributed by atoms with E-state index >= 15 is 0 Å². The zero-order valence-electron chi connectivity index (χ0n) is 9.88. The van der Waals surface area contributed by atoms with Crippen molar-refractivity contribution in [3.8, 4) is 0 Å². The quantitative estimate of drug-likeness (QED) is 0.849. The fraction of sp³-hybridized carbons (Fsp3) is 0.0769. The van der Waals surface area contributed by atoms with Gasteiger partial charge >= 0.3 is 0 Å². The van der Waals surface area contributed by atoms with Crippen molar-refractivity contribution in [3.63, 3.8) is 0 Å². The summed E-state index contributed by atoms with van der Waals surface area (Å²) >= 11 is 11.3. The minimum atomic E-state index is -0.676. The maximum absolute atomic E-state index is 13.6. The van der Waals surface area contributed by atoms with Gasteiger partial charge in [0.15, 0.2) is 0 Å². The van der Waals surface area contributed by atoms with E-state index in [1.54, 1.807) is 19.1 Å². The molecule has 19 heavy (non-hydrogen) atoms. The molecule has 0 atom stereocenters. The Hall–Kier alpha value is -1.65. The van der Waals surface area contributed by atoms with Crippen LogP contribution in [0.1, 0.15) is 16.1 Å². The van der Waals surface area contributed by atoms with Gasteiger partial charge in [0.05, 0.1) is 16.9 Å². The summed E-state index contributed by atoms with van der Waals surface area (Å²) in [7, 11) is 0. The zero-order valence-corrected chi connectivity index (χ0v) is 11.4. The monoisotopic (exact) mass is 298 g/mol. The molecule has 0 unspecified atom stereocenters. The number of anilines is 1. The van der Waals surface area contributed by atoms with Gasteiger partial charge < -0.3 is 5.32 Å². The van der Waals surface area contributed by atoms with Gasteiger partial charge in [-0.25, -0.2) is 9.37 Å². The number of carbonyl (C=O) groups excluding carboxylic acids is 1. The highest BCUT2D eigenvalue weighted by molar-refractivity contribution is 6.30. The second kappa shape index (κ2) is 5.55. The van der Waals surface area contributed by atoms with E-state index in [2.05, 4.69) is 10.3 Å². The molecule has 0 radical (unpaired) electrons. The predicted octanol–water partition coefficient (Wildman–Crippen LogP) is 4.09. The first kappa shape index (κ1) is 13.8. The molecule has 0 bridgehead atoms. The number of hydrogen-bond acceptors (Lipinski definition) is 2. The Balaban J connectivity index is 2.25. The summed E-state index contributed by atoms with van der Waals surface area (Å²) in [5.41, 5.74) is 0.942. The van der Waals surface area contributed by atoms with Crippen LogP contribution in [0.2, 0.25) is 10.2 Å². The third kappa shape index (κ3) is 3.22. The molecular formula is C13H9Cl2FN2O. The van der Waals surface area contributed by atoms with Gasteiger partial charge in [0.2, 0.25) is 0 Å². The van der Waals surface area contributed by atoms with Crippen molar-refractivity contribution in [2.45, 2.75) is 6.92 Å². The van der Waals surface area contributed by atoms with Crippen molar-refractivity contribution in [2.24, 2.45) is 0 Å². The summed E-state index contributed by atoms with van der Waals surface area (Å²) in [6, 6.07) is 7.01. The molecule has 0 aliphatic heterocycles. The number of halogens is 3. The van der Waals surface area contributed by atoms with E-state index in [1.165, 1.54) is 12.1 Å². The Bertz CT molecular complexity index is 647. The number of aromatic nitrogens is 1.